The van der Waals surface area contributed by atoms with Crippen LogP contribution in [0.25, 0.3) is 0 Å². The third-order valence-electron chi connectivity index (χ3n) is 2.86. The van der Waals surface area contributed by atoms with Gasteiger partial charge in [0, 0.05) is 22.6 Å². The summed E-state index contributed by atoms with van der Waals surface area (Å²) in [7, 11) is 1.37. The normalized spacial score (nSPS) is 12.4. The van der Waals surface area contributed by atoms with E-state index in [1.165, 1.54) is 30.6 Å². The van der Waals surface area contributed by atoms with Crippen molar-refractivity contribution in [2.45, 2.75) is 13.0 Å². The average molecular weight is 318 g/mol. The maximum absolute atomic E-state index is 14.2. The van der Waals surface area contributed by atoms with E-state index in [4.69, 9.17) is 16.3 Å². The van der Waals surface area contributed by atoms with Crippen LogP contribution >= 0.6 is 22.9 Å². The Labute approximate surface area is 125 Å². The minimum atomic E-state index is -0.641. The average Bonchev–Trinajstić information content (AvgIpc) is 2.83. The first-order valence-corrected chi connectivity index (χ1v) is 7.27. The van der Waals surface area contributed by atoms with Gasteiger partial charge in [0.15, 0.2) is 0 Å². The molecule has 1 heterocycles. The van der Waals surface area contributed by atoms with Crippen LogP contribution in [0.4, 0.5) is 8.78 Å². The van der Waals surface area contributed by atoms with Gasteiger partial charge in [-0.1, -0.05) is 18.5 Å². The van der Waals surface area contributed by atoms with Gasteiger partial charge in [-0.25, -0.2) is 8.78 Å². The lowest BCUT2D eigenvalue weighted by Crippen LogP contribution is -2.23. The van der Waals surface area contributed by atoms with E-state index < -0.39 is 17.7 Å². The summed E-state index contributed by atoms with van der Waals surface area (Å²) in [5.41, 5.74) is -0.0221. The van der Waals surface area contributed by atoms with Gasteiger partial charge >= 0.3 is 0 Å². The van der Waals surface area contributed by atoms with Crippen LogP contribution < -0.4 is 10.1 Å². The maximum Gasteiger partial charge on any atom is 0.134 e. The molecule has 0 aliphatic rings. The molecule has 108 valence electrons. The van der Waals surface area contributed by atoms with Crippen molar-refractivity contribution in [2.24, 2.45) is 0 Å². The highest BCUT2D eigenvalue weighted by atomic mass is 35.5. The fourth-order valence-electron chi connectivity index (χ4n) is 1.99. The van der Waals surface area contributed by atoms with Crippen molar-refractivity contribution in [1.82, 2.24) is 5.32 Å². The van der Waals surface area contributed by atoms with Gasteiger partial charge in [0.1, 0.15) is 17.4 Å². The molecule has 0 aliphatic heterocycles. The van der Waals surface area contributed by atoms with Gasteiger partial charge in [0.05, 0.1) is 17.5 Å². The van der Waals surface area contributed by atoms with Gasteiger partial charge in [-0.15, -0.1) is 11.3 Å². The van der Waals surface area contributed by atoms with Crippen molar-refractivity contribution < 1.29 is 13.5 Å². The lowest BCUT2D eigenvalue weighted by atomic mass is 10.0. The molecule has 2 nitrogen and oxygen atoms in total. The number of methoxy groups -OCH3 is 1. The molecule has 1 aromatic carbocycles. The molecule has 0 saturated heterocycles. The van der Waals surface area contributed by atoms with E-state index in [0.29, 0.717) is 10.9 Å². The second kappa shape index (κ2) is 6.52. The predicted octanol–water partition coefficient (Wildman–Crippen LogP) is 4.39. The zero-order valence-corrected chi connectivity index (χ0v) is 12.6. The summed E-state index contributed by atoms with van der Waals surface area (Å²) in [6.45, 7) is 2.45. The van der Waals surface area contributed by atoms with Crippen molar-refractivity contribution in [2.75, 3.05) is 13.7 Å². The van der Waals surface area contributed by atoms with E-state index in [-0.39, 0.29) is 11.3 Å². The van der Waals surface area contributed by atoms with Crippen LogP contribution in [0.2, 0.25) is 4.34 Å². The van der Waals surface area contributed by atoms with E-state index in [0.717, 1.165) is 4.88 Å². The number of hydrogen-bond donors (Lipinski definition) is 1. The van der Waals surface area contributed by atoms with Crippen LogP contribution in [-0.2, 0) is 0 Å². The largest absolute Gasteiger partial charge is 0.497 e. The lowest BCUT2D eigenvalue weighted by Gasteiger charge is -2.19. The zero-order chi connectivity index (χ0) is 14.7. The Morgan fingerprint density at radius 2 is 1.95 bits per heavy atom. The fourth-order valence-corrected chi connectivity index (χ4v) is 3.13. The summed E-state index contributed by atoms with van der Waals surface area (Å²) in [6, 6.07) is 5.27. The molecule has 1 aromatic heterocycles. The third-order valence-corrected chi connectivity index (χ3v) is 4.16. The highest BCUT2D eigenvalue weighted by Crippen LogP contribution is 2.34. The summed E-state index contributed by atoms with van der Waals surface area (Å²) in [4.78, 5) is 0.764. The monoisotopic (exact) mass is 317 g/mol. The number of halogens is 3. The molecule has 2 rings (SSSR count). The van der Waals surface area contributed by atoms with Crippen LogP contribution in [0.1, 0.15) is 23.4 Å². The SMILES string of the molecule is CCNC(c1ccc(Cl)s1)c1c(F)cc(OC)cc1F. The predicted molar refractivity (Wildman–Crippen MR) is 77.8 cm³/mol. The molecule has 0 aliphatic carbocycles. The summed E-state index contributed by atoms with van der Waals surface area (Å²) in [5, 5.41) is 3.08. The topological polar surface area (TPSA) is 21.3 Å². The Morgan fingerprint density at radius 1 is 1.30 bits per heavy atom. The van der Waals surface area contributed by atoms with Crippen molar-refractivity contribution in [3.05, 3.63) is 50.7 Å². The van der Waals surface area contributed by atoms with E-state index in [1.54, 1.807) is 12.1 Å². The number of ether oxygens (including phenoxy) is 1. The summed E-state index contributed by atoms with van der Waals surface area (Å²) in [5.74, 6) is -1.13. The fraction of sp³-hybridized carbons (Fsp3) is 0.286. The van der Waals surface area contributed by atoms with E-state index in [1.807, 2.05) is 6.92 Å². The number of rotatable bonds is 5. The maximum atomic E-state index is 14.2. The lowest BCUT2D eigenvalue weighted by molar-refractivity contribution is 0.403. The van der Waals surface area contributed by atoms with Gasteiger partial charge in [0.2, 0.25) is 0 Å². The first-order chi connectivity index (χ1) is 9.56. The van der Waals surface area contributed by atoms with Gasteiger partial charge in [-0.3, -0.25) is 0 Å². The van der Waals surface area contributed by atoms with Crippen LogP contribution in [0.15, 0.2) is 24.3 Å². The molecule has 0 saturated carbocycles. The smallest absolute Gasteiger partial charge is 0.134 e. The number of nitrogens with one attached hydrogen (secondary N) is 1. The quantitative estimate of drug-likeness (QED) is 0.883. The molecular formula is C14H14ClF2NOS. The van der Waals surface area contributed by atoms with Crippen LogP contribution in [0.3, 0.4) is 0 Å². The Bertz CT molecular complexity index is 580. The Balaban J connectivity index is 2.49. The molecule has 1 atom stereocenters. The van der Waals surface area contributed by atoms with Crippen LogP contribution in [0, 0.1) is 11.6 Å². The molecule has 0 radical (unpaired) electrons. The minimum absolute atomic E-state index is 0.0221. The zero-order valence-electron chi connectivity index (χ0n) is 11.0. The molecule has 0 bridgehead atoms. The Hall–Kier alpha value is -1.17. The minimum Gasteiger partial charge on any atom is -0.497 e. The second-order valence-electron chi connectivity index (χ2n) is 4.14. The summed E-state index contributed by atoms with van der Waals surface area (Å²) >= 11 is 7.20. The van der Waals surface area contributed by atoms with E-state index in [9.17, 15) is 8.78 Å². The van der Waals surface area contributed by atoms with Crippen LogP contribution in [-0.4, -0.2) is 13.7 Å². The molecule has 1 N–H and O–H groups in total. The van der Waals surface area contributed by atoms with E-state index >= 15 is 0 Å². The van der Waals surface area contributed by atoms with Gasteiger partial charge < -0.3 is 10.1 Å². The second-order valence-corrected chi connectivity index (χ2v) is 5.88. The van der Waals surface area contributed by atoms with E-state index in [2.05, 4.69) is 5.32 Å². The van der Waals surface area contributed by atoms with Crippen molar-refractivity contribution in [3.63, 3.8) is 0 Å². The molecule has 1 unspecified atom stereocenters. The molecule has 0 fully saturated rings. The number of benzene rings is 1. The molecule has 6 heteroatoms. The van der Waals surface area contributed by atoms with Gasteiger partial charge in [-0.2, -0.15) is 0 Å². The Kier molecular flexibility index (Phi) is 4.96. The molecule has 20 heavy (non-hydrogen) atoms. The molecule has 0 amide bonds. The van der Waals surface area contributed by atoms with Crippen molar-refractivity contribution >= 4 is 22.9 Å². The van der Waals surface area contributed by atoms with Gasteiger partial charge in [0.25, 0.3) is 0 Å². The highest BCUT2D eigenvalue weighted by molar-refractivity contribution is 7.16. The molecule has 0 spiro atoms. The Morgan fingerprint density at radius 3 is 2.40 bits per heavy atom. The first kappa shape index (κ1) is 15.2. The first-order valence-electron chi connectivity index (χ1n) is 6.08. The molecular weight excluding hydrogens is 304 g/mol. The van der Waals surface area contributed by atoms with Crippen molar-refractivity contribution in [1.29, 1.82) is 0 Å². The summed E-state index contributed by atoms with van der Waals surface area (Å²) < 4.78 is 33.8. The van der Waals surface area contributed by atoms with Crippen molar-refractivity contribution in [3.8, 4) is 5.75 Å². The standard InChI is InChI=1S/C14H14ClF2NOS/c1-3-18-14(11-4-5-12(15)20-11)13-9(16)6-8(19-2)7-10(13)17/h4-7,14,18H,3H2,1-2H3. The molecule has 2 aromatic rings. The number of hydrogen-bond acceptors (Lipinski definition) is 3. The number of thiophene rings is 1. The van der Waals surface area contributed by atoms with Gasteiger partial charge in [-0.05, 0) is 18.7 Å². The third kappa shape index (κ3) is 3.11. The van der Waals surface area contributed by atoms with Crippen LogP contribution in [0.5, 0.6) is 5.75 Å². The highest BCUT2D eigenvalue weighted by Gasteiger charge is 2.23. The summed E-state index contributed by atoms with van der Waals surface area (Å²) in [6.07, 6.45) is 0.